The van der Waals surface area contributed by atoms with Crippen LogP contribution < -0.4 is 5.32 Å². The lowest BCUT2D eigenvalue weighted by Crippen LogP contribution is -2.29. The molecule has 0 aromatic carbocycles. The Kier molecular flexibility index (Phi) is 12.1. The predicted octanol–water partition coefficient (Wildman–Crippen LogP) is 4.02. The van der Waals surface area contributed by atoms with Crippen LogP contribution in [0.4, 0.5) is 0 Å². The van der Waals surface area contributed by atoms with Crippen LogP contribution in [0.15, 0.2) is 0 Å². The molecule has 0 heterocycles. The number of hydrogen-bond acceptors (Lipinski definition) is 2. The van der Waals surface area contributed by atoms with Crippen molar-refractivity contribution in [3.63, 3.8) is 0 Å². The molecule has 0 radical (unpaired) electrons. The number of unbranched alkanes of at least 4 members (excludes halogenated alkanes) is 4. The van der Waals surface area contributed by atoms with E-state index in [1.54, 1.807) is 0 Å². The molecule has 0 aliphatic rings. The molecule has 0 aromatic rings. The van der Waals surface area contributed by atoms with E-state index in [1.165, 1.54) is 51.4 Å². The standard InChI is InChI=1S/C14H28N2/c1-3-5-7-10-14(11-8-6-4-2)16-13-9-12-15/h14,16H,3-11,13H2,1-2H3. The molecule has 0 spiro atoms. The van der Waals surface area contributed by atoms with Crippen molar-refractivity contribution < 1.29 is 0 Å². The number of rotatable bonds is 11. The number of nitrogens with one attached hydrogen (secondary N) is 1. The first kappa shape index (κ1) is 15.4. The van der Waals surface area contributed by atoms with Crippen molar-refractivity contribution >= 4 is 0 Å². The van der Waals surface area contributed by atoms with Crippen molar-refractivity contribution in [1.82, 2.24) is 5.32 Å². The third-order valence-corrected chi connectivity index (χ3v) is 2.98. The normalized spacial score (nSPS) is 10.6. The Hall–Kier alpha value is -0.550. The van der Waals surface area contributed by atoms with Gasteiger partial charge in [-0.3, -0.25) is 0 Å². The second kappa shape index (κ2) is 12.5. The van der Waals surface area contributed by atoms with Crippen LogP contribution in [0.5, 0.6) is 0 Å². The highest BCUT2D eigenvalue weighted by Gasteiger charge is 2.06. The smallest absolute Gasteiger partial charge is 0.0635 e. The van der Waals surface area contributed by atoms with Crippen molar-refractivity contribution in [2.24, 2.45) is 0 Å². The summed E-state index contributed by atoms with van der Waals surface area (Å²) in [5.41, 5.74) is 0. The molecule has 2 heteroatoms. The minimum absolute atomic E-state index is 0.637. The fourth-order valence-corrected chi connectivity index (χ4v) is 1.96. The Morgan fingerprint density at radius 3 is 2.00 bits per heavy atom. The van der Waals surface area contributed by atoms with Crippen LogP contribution in [0, 0.1) is 11.3 Å². The Morgan fingerprint density at radius 1 is 1.00 bits per heavy atom. The molecule has 0 aliphatic carbocycles. The van der Waals surface area contributed by atoms with Gasteiger partial charge in [-0.15, -0.1) is 0 Å². The molecule has 0 aliphatic heterocycles. The van der Waals surface area contributed by atoms with Gasteiger partial charge in [-0.2, -0.15) is 5.26 Å². The summed E-state index contributed by atoms with van der Waals surface area (Å²) in [5, 5.41) is 12.0. The van der Waals surface area contributed by atoms with Gasteiger partial charge >= 0.3 is 0 Å². The summed E-state index contributed by atoms with van der Waals surface area (Å²) in [6.07, 6.45) is 11.1. The SMILES string of the molecule is CCCCCC(CCCCC)NCCC#N. The maximum absolute atomic E-state index is 8.52. The summed E-state index contributed by atoms with van der Waals surface area (Å²) in [6, 6.07) is 2.84. The Morgan fingerprint density at radius 2 is 1.56 bits per heavy atom. The zero-order valence-corrected chi connectivity index (χ0v) is 11.1. The van der Waals surface area contributed by atoms with E-state index < -0.39 is 0 Å². The summed E-state index contributed by atoms with van der Waals surface area (Å²) in [7, 11) is 0. The lowest BCUT2D eigenvalue weighted by Gasteiger charge is -2.17. The van der Waals surface area contributed by atoms with E-state index in [9.17, 15) is 0 Å². The largest absolute Gasteiger partial charge is 0.313 e. The van der Waals surface area contributed by atoms with Gasteiger partial charge in [0.05, 0.1) is 6.07 Å². The molecule has 2 nitrogen and oxygen atoms in total. The zero-order chi connectivity index (χ0) is 12.1. The molecule has 16 heavy (non-hydrogen) atoms. The summed E-state index contributed by atoms with van der Waals surface area (Å²) in [5.74, 6) is 0. The fourth-order valence-electron chi connectivity index (χ4n) is 1.96. The monoisotopic (exact) mass is 224 g/mol. The molecule has 0 atom stereocenters. The van der Waals surface area contributed by atoms with Crippen molar-refractivity contribution in [1.29, 1.82) is 5.26 Å². The number of nitriles is 1. The van der Waals surface area contributed by atoms with Crippen molar-refractivity contribution in [3.05, 3.63) is 0 Å². The molecule has 0 unspecified atom stereocenters. The van der Waals surface area contributed by atoms with Crippen molar-refractivity contribution in [2.45, 2.75) is 77.7 Å². The zero-order valence-electron chi connectivity index (χ0n) is 11.1. The second-order valence-electron chi connectivity index (χ2n) is 4.55. The highest BCUT2D eigenvalue weighted by atomic mass is 14.9. The van der Waals surface area contributed by atoms with Crippen LogP contribution in [-0.4, -0.2) is 12.6 Å². The van der Waals surface area contributed by atoms with Crippen LogP contribution in [0.25, 0.3) is 0 Å². The third kappa shape index (κ3) is 9.98. The maximum Gasteiger partial charge on any atom is 0.0635 e. The average molecular weight is 224 g/mol. The summed E-state index contributed by atoms with van der Waals surface area (Å²) in [4.78, 5) is 0. The quantitative estimate of drug-likeness (QED) is 0.538. The second-order valence-corrected chi connectivity index (χ2v) is 4.55. The van der Waals surface area contributed by atoms with Crippen LogP contribution in [0.3, 0.4) is 0 Å². The molecule has 0 saturated heterocycles. The molecule has 0 rings (SSSR count). The van der Waals surface area contributed by atoms with Gasteiger partial charge < -0.3 is 5.32 Å². The van der Waals surface area contributed by atoms with Gasteiger partial charge in [-0.1, -0.05) is 52.4 Å². The Bertz CT molecular complexity index is 162. The maximum atomic E-state index is 8.52. The van der Waals surface area contributed by atoms with Crippen LogP contribution >= 0.6 is 0 Å². The molecule has 1 N–H and O–H groups in total. The van der Waals surface area contributed by atoms with Gasteiger partial charge in [0.15, 0.2) is 0 Å². The minimum Gasteiger partial charge on any atom is -0.313 e. The lowest BCUT2D eigenvalue weighted by atomic mass is 10.0. The first-order chi connectivity index (χ1) is 7.85. The topological polar surface area (TPSA) is 35.8 Å². The van der Waals surface area contributed by atoms with Crippen LogP contribution in [0.2, 0.25) is 0 Å². The average Bonchev–Trinajstić information content (AvgIpc) is 2.29. The predicted molar refractivity (Wildman–Crippen MR) is 70.3 cm³/mol. The Balaban J connectivity index is 3.63. The van der Waals surface area contributed by atoms with Gasteiger partial charge in [0, 0.05) is 19.0 Å². The van der Waals surface area contributed by atoms with E-state index in [4.69, 9.17) is 5.26 Å². The fraction of sp³-hybridized carbons (Fsp3) is 0.929. The highest BCUT2D eigenvalue weighted by molar-refractivity contribution is 4.74. The van der Waals surface area contributed by atoms with E-state index >= 15 is 0 Å². The molecule has 0 saturated carbocycles. The van der Waals surface area contributed by atoms with Gasteiger partial charge in [0.2, 0.25) is 0 Å². The van der Waals surface area contributed by atoms with Gasteiger partial charge in [-0.25, -0.2) is 0 Å². The molecule has 0 aromatic heterocycles. The van der Waals surface area contributed by atoms with E-state index in [1.807, 2.05) is 0 Å². The summed E-state index contributed by atoms with van der Waals surface area (Å²) in [6.45, 7) is 5.35. The summed E-state index contributed by atoms with van der Waals surface area (Å²) >= 11 is 0. The third-order valence-electron chi connectivity index (χ3n) is 2.98. The van der Waals surface area contributed by atoms with Gasteiger partial charge in [0.1, 0.15) is 0 Å². The first-order valence-corrected chi connectivity index (χ1v) is 6.95. The van der Waals surface area contributed by atoms with Crippen LogP contribution in [0.1, 0.15) is 71.6 Å². The van der Waals surface area contributed by atoms with Crippen molar-refractivity contribution in [2.75, 3.05) is 6.54 Å². The molecular weight excluding hydrogens is 196 g/mol. The first-order valence-electron chi connectivity index (χ1n) is 6.95. The number of hydrogen-bond donors (Lipinski definition) is 1. The molecular formula is C14H28N2. The minimum atomic E-state index is 0.637. The molecule has 0 amide bonds. The van der Waals surface area contributed by atoms with E-state index in [-0.39, 0.29) is 0 Å². The van der Waals surface area contributed by atoms with Gasteiger partial charge in [0.25, 0.3) is 0 Å². The number of nitrogens with zero attached hydrogens (tertiary/aromatic N) is 1. The molecule has 0 bridgehead atoms. The van der Waals surface area contributed by atoms with Crippen molar-refractivity contribution in [3.8, 4) is 6.07 Å². The molecule has 0 fully saturated rings. The summed E-state index contributed by atoms with van der Waals surface area (Å²) < 4.78 is 0. The van der Waals surface area contributed by atoms with Crippen LogP contribution in [-0.2, 0) is 0 Å². The molecule has 94 valence electrons. The van der Waals surface area contributed by atoms with E-state index in [2.05, 4.69) is 25.2 Å². The highest BCUT2D eigenvalue weighted by Crippen LogP contribution is 2.10. The van der Waals surface area contributed by atoms with E-state index in [0.29, 0.717) is 12.5 Å². The van der Waals surface area contributed by atoms with Gasteiger partial charge in [-0.05, 0) is 12.8 Å². The lowest BCUT2D eigenvalue weighted by molar-refractivity contribution is 0.423. The van der Waals surface area contributed by atoms with E-state index in [0.717, 1.165) is 6.54 Å². The Labute approximate surface area is 101 Å².